The Morgan fingerprint density at radius 1 is 1.30 bits per heavy atom. The highest BCUT2D eigenvalue weighted by molar-refractivity contribution is 6.32. The second kappa shape index (κ2) is 5.88. The number of methoxy groups -OCH3 is 1. The third-order valence-electron chi connectivity index (χ3n) is 2.82. The van der Waals surface area contributed by atoms with Crippen LogP contribution in [-0.2, 0) is 0 Å². The first-order valence-corrected chi connectivity index (χ1v) is 6.34. The summed E-state index contributed by atoms with van der Waals surface area (Å²) in [5.74, 6) is 1.65. The fourth-order valence-corrected chi connectivity index (χ4v) is 2.03. The van der Waals surface area contributed by atoms with Crippen molar-refractivity contribution < 1.29 is 9.53 Å². The number of nitrogens with one attached hydrogen (secondary N) is 1. The molecule has 0 radical (unpaired) electrons. The molecule has 0 aliphatic rings. The summed E-state index contributed by atoms with van der Waals surface area (Å²) in [5, 5.41) is 3.24. The molecule has 104 valence electrons. The first-order chi connectivity index (χ1) is 9.55. The van der Waals surface area contributed by atoms with Crippen molar-refractivity contribution in [2.75, 3.05) is 12.4 Å². The Morgan fingerprint density at radius 2 is 2.05 bits per heavy atom. The number of carbonyl (C=O) groups excluding carboxylic acids is 1. The molecular formula is C14H14ClN3O2. The maximum Gasteiger partial charge on any atom is 0.156 e. The minimum atomic E-state index is 0.140. The summed E-state index contributed by atoms with van der Waals surface area (Å²) in [6, 6.07) is 5.57. The first kappa shape index (κ1) is 14.3. The van der Waals surface area contributed by atoms with E-state index in [2.05, 4.69) is 15.3 Å². The van der Waals surface area contributed by atoms with E-state index in [1.807, 2.05) is 25.1 Å². The zero-order valence-corrected chi connectivity index (χ0v) is 12.2. The van der Waals surface area contributed by atoms with E-state index >= 15 is 0 Å². The lowest BCUT2D eigenvalue weighted by Gasteiger charge is -2.12. The van der Waals surface area contributed by atoms with Gasteiger partial charge >= 0.3 is 0 Å². The summed E-state index contributed by atoms with van der Waals surface area (Å²) in [7, 11) is 1.61. The van der Waals surface area contributed by atoms with Crippen LogP contribution in [0.3, 0.4) is 0 Å². The van der Waals surface area contributed by atoms with Crippen LogP contribution in [0.1, 0.15) is 21.7 Å². The molecule has 2 rings (SSSR count). The molecule has 0 aliphatic heterocycles. The predicted molar refractivity (Wildman–Crippen MR) is 78.2 cm³/mol. The van der Waals surface area contributed by atoms with Crippen molar-refractivity contribution in [2.45, 2.75) is 13.8 Å². The van der Waals surface area contributed by atoms with Crippen molar-refractivity contribution in [3.8, 4) is 5.75 Å². The van der Waals surface area contributed by atoms with E-state index in [1.54, 1.807) is 14.0 Å². The van der Waals surface area contributed by atoms with Gasteiger partial charge in [0.1, 0.15) is 22.5 Å². The molecule has 0 spiro atoms. The number of benzene rings is 1. The van der Waals surface area contributed by atoms with Crippen molar-refractivity contribution in [2.24, 2.45) is 0 Å². The number of hydrogen-bond acceptors (Lipinski definition) is 5. The number of aromatic nitrogens is 2. The Labute approximate surface area is 122 Å². The van der Waals surface area contributed by atoms with Gasteiger partial charge in [0, 0.05) is 5.69 Å². The lowest BCUT2D eigenvalue weighted by atomic mass is 10.2. The largest absolute Gasteiger partial charge is 0.497 e. The van der Waals surface area contributed by atoms with Crippen LogP contribution in [0.2, 0.25) is 5.15 Å². The SMILES string of the molecule is COc1ccc(Nc2nc(C)nc(Cl)c2C=O)c(C)c1. The van der Waals surface area contributed by atoms with Crippen LogP contribution in [0, 0.1) is 13.8 Å². The van der Waals surface area contributed by atoms with Gasteiger partial charge in [-0.05, 0) is 37.6 Å². The minimum Gasteiger partial charge on any atom is -0.497 e. The van der Waals surface area contributed by atoms with Crippen molar-refractivity contribution in [1.29, 1.82) is 0 Å². The summed E-state index contributed by atoms with van der Waals surface area (Å²) in [6.07, 6.45) is 0.642. The van der Waals surface area contributed by atoms with Gasteiger partial charge in [0.15, 0.2) is 6.29 Å². The molecule has 0 amide bonds. The molecule has 2 aromatic rings. The van der Waals surface area contributed by atoms with Crippen molar-refractivity contribution in [1.82, 2.24) is 9.97 Å². The van der Waals surface area contributed by atoms with Crippen LogP contribution in [0.4, 0.5) is 11.5 Å². The molecular weight excluding hydrogens is 278 g/mol. The lowest BCUT2D eigenvalue weighted by molar-refractivity contribution is 0.112. The number of halogens is 1. The smallest absolute Gasteiger partial charge is 0.156 e. The molecule has 0 saturated carbocycles. The molecule has 0 bridgehead atoms. The second-order valence-electron chi connectivity index (χ2n) is 4.25. The van der Waals surface area contributed by atoms with E-state index < -0.39 is 0 Å². The van der Waals surface area contributed by atoms with E-state index in [0.29, 0.717) is 17.9 Å². The zero-order chi connectivity index (χ0) is 14.7. The summed E-state index contributed by atoms with van der Waals surface area (Å²) in [6.45, 7) is 3.65. The average Bonchev–Trinajstić information content (AvgIpc) is 2.40. The number of rotatable bonds is 4. The highest BCUT2D eigenvalue weighted by atomic mass is 35.5. The van der Waals surface area contributed by atoms with Gasteiger partial charge < -0.3 is 10.1 Å². The van der Waals surface area contributed by atoms with Gasteiger partial charge in [-0.2, -0.15) is 0 Å². The van der Waals surface area contributed by atoms with Crippen LogP contribution in [0.15, 0.2) is 18.2 Å². The van der Waals surface area contributed by atoms with Crippen LogP contribution >= 0.6 is 11.6 Å². The van der Waals surface area contributed by atoms with Gasteiger partial charge in [0.2, 0.25) is 0 Å². The van der Waals surface area contributed by atoms with Gasteiger partial charge in [-0.1, -0.05) is 11.6 Å². The molecule has 0 aliphatic carbocycles. The van der Waals surface area contributed by atoms with E-state index in [9.17, 15) is 4.79 Å². The second-order valence-corrected chi connectivity index (χ2v) is 4.61. The molecule has 0 fully saturated rings. The fraction of sp³-hybridized carbons (Fsp3) is 0.214. The summed E-state index contributed by atoms with van der Waals surface area (Å²) >= 11 is 5.95. The molecule has 0 atom stereocenters. The van der Waals surface area contributed by atoms with Gasteiger partial charge in [0.05, 0.1) is 12.7 Å². The number of hydrogen-bond donors (Lipinski definition) is 1. The maximum atomic E-state index is 11.1. The minimum absolute atomic E-state index is 0.140. The number of nitrogens with zero attached hydrogens (tertiary/aromatic N) is 2. The fourth-order valence-electron chi connectivity index (χ4n) is 1.78. The van der Waals surface area contributed by atoms with Crippen molar-refractivity contribution in [3.63, 3.8) is 0 Å². The Morgan fingerprint density at radius 3 is 2.65 bits per heavy atom. The van der Waals surface area contributed by atoms with Gasteiger partial charge in [0.25, 0.3) is 0 Å². The van der Waals surface area contributed by atoms with E-state index in [-0.39, 0.29) is 10.7 Å². The summed E-state index contributed by atoms with van der Waals surface area (Å²) in [4.78, 5) is 19.3. The number of anilines is 2. The van der Waals surface area contributed by atoms with Crippen LogP contribution in [-0.4, -0.2) is 23.4 Å². The lowest BCUT2D eigenvalue weighted by Crippen LogP contribution is -2.04. The topological polar surface area (TPSA) is 64.1 Å². The third-order valence-corrected chi connectivity index (χ3v) is 3.10. The number of aryl methyl sites for hydroxylation is 2. The van der Waals surface area contributed by atoms with Gasteiger partial charge in [-0.3, -0.25) is 4.79 Å². The Bertz CT molecular complexity index is 659. The summed E-state index contributed by atoms with van der Waals surface area (Å²) in [5.41, 5.74) is 2.03. The van der Waals surface area contributed by atoms with Crippen molar-refractivity contribution >= 4 is 29.4 Å². The average molecular weight is 292 g/mol. The van der Waals surface area contributed by atoms with Gasteiger partial charge in [-0.15, -0.1) is 0 Å². The van der Waals surface area contributed by atoms with Gasteiger partial charge in [-0.25, -0.2) is 9.97 Å². The molecule has 0 unspecified atom stereocenters. The quantitative estimate of drug-likeness (QED) is 0.691. The van der Waals surface area contributed by atoms with Crippen LogP contribution in [0.25, 0.3) is 0 Å². The highest BCUT2D eigenvalue weighted by Crippen LogP contribution is 2.27. The zero-order valence-electron chi connectivity index (χ0n) is 11.4. The van der Waals surface area contributed by atoms with E-state index in [0.717, 1.165) is 17.0 Å². The number of aldehydes is 1. The number of ether oxygens (including phenoxy) is 1. The molecule has 6 heteroatoms. The Hall–Kier alpha value is -2.14. The van der Waals surface area contributed by atoms with E-state index in [4.69, 9.17) is 16.3 Å². The third kappa shape index (κ3) is 2.88. The molecule has 5 nitrogen and oxygen atoms in total. The molecule has 1 aromatic heterocycles. The standard InChI is InChI=1S/C14H14ClN3O2/c1-8-6-10(20-3)4-5-12(8)18-14-11(7-19)13(15)16-9(2)17-14/h4-7H,1-3H3,(H,16,17,18). The monoisotopic (exact) mass is 291 g/mol. The van der Waals surface area contributed by atoms with Crippen molar-refractivity contribution in [3.05, 3.63) is 40.3 Å². The predicted octanol–water partition coefficient (Wildman–Crippen LogP) is 3.31. The molecule has 1 aromatic carbocycles. The maximum absolute atomic E-state index is 11.1. The normalized spacial score (nSPS) is 10.2. The molecule has 1 N–H and O–H groups in total. The van der Waals surface area contributed by atoms with Crippen LogP contribution < -0.4 is 10.1 Å². The number of carbonyl (C=O) groups is 1. The summed E-state index contributed by atoms with van der Waals surface area (Å²) < 4.78 is 5.15. The van der Waals surface area contributed by atoms with Crippen LogP contribution in [0.5, 0.6) is 5.75 Å². The molecule has 0 saturated heterocycles. The van der Waals surface area contributed by atoms with E-state index in [1.165, 1.54) is 0 Å². The Kier molecular flexibility index (Phi) is 4.20. The first-order valence-electron chi connectivity index (χ1n) is 5.96. The molecule has 20 heavy (non-hydrogen) atoms. The highest BCUT2D eigenvalue weighted by Gasteiger charge is 2.12. The molecule has 1 heterocycles. The Balaban J connectivity index is 2.42.